The Labute approximate surface area is 184 Å². The molecule has 4 rings (SSSR count). The van der Waals surface area contributed by atoms with Crippen molar-refractivity contribution in [3.63, 3.8) is 0 Å². The predicted octanol–water partition coefficient (Wildman–Crippen LogP) is 4.96. The zero-order valence-electron chi connectivity index (χ0n) is 15.9. The third-order valence-corrected chi connectivity index (χ3v) is 4.51. The van der Waals surface area contributed by atoms with Crippen molar-refractivity contribution in [2.24, 2.45) is 0 Å². The highest BCUT2D eigenvalue weighted by molar-refractivity contribution is 9.10. The molecule has 2 aromatic heterocycles. The second kappa shape index (κ2) is 9.00. The van der Waals surface area contributed by atoms with Crippen LogP contribution >= 0.6 is 15.9 Å². The van der Waals surface area contributed by atoms with Crippen molar-refractivity contribution in [2.45, 2.75) is 6.54 Å². The average Bonchev–Trinajstić information content (AvgIpc) is 2.74. The number of nitrogens with one attached hydrogen (secondary N) is 1. The molecule has 0 saturated carbocycles. The standard InChI is InChI=1S/C21H15BrF2N6O/c22-14-9-28-20(29-10-14)13-3-1-2-12(4-13)8-27-21-19(25)26-11-18(30-21)31-17-6-15(23)5-16(24)7-17/h1-7,9-11H,8H2,(H2,25,26)(H,27,30). The van der Waals surface area contributed by atoms with Crippen LogP contribution in [0.1, 0.15) is 5.56 Å². The molecule has 0 fully saturated rings. The maximum atomic E-state index is 13.4. The lowest BCUT2D eigenvalue weighted by atomic mass is 10.1. The van der Waals surface area contributed by atoms with Gasteiger partial charge in [-0.25, -0.2) is 23.7 Å². The van der Waals surface area contributed by atoms with E-state index in [1.807, 2.05) is 24.3 Å². The second-order valence-corrected chi connectivity index (χ2v) is 7.34. The smallest absolute Gasteiger partial charge is 0.239 e. The molecular formula is C21H15BrF2N6O. The van der Waals surface area contributed by atoms with Gasteiger partial charge in [0.05, 0.1) is 10.7 Å². The molecule has 156 valence electrons. The molecule has 3 N–H and O–H groups in total. The first-order chi connectivity index (χ1) is 15.0. The summed E-state index contributed by atoms with van der Waals surface area (Å²) in [6.07, 6.45) is 4.63. The quantitative estimate of drug-likeness (QED) is 0.398. The van der Waals surface area contributed by atoms with Gasteiger partial charge in [0.15, 0.2) is 17.5 Å². The normalized spacial score (nSPS) is 10.7. The van der Waals surface area contributed by atoms with E-state index in [4.69, 9.17) is 10.5 Å². The lowest BCUT2D eigenvalue weighted by Crippen LogP contribution is -2.07. The van der Waals surface area contributed by atoms with Crippen molar-refractivity contribution in [2.75, 3.05) is 11.1 Å². The molecule has 0 bridgehead atoms. The van der Waals surface area contributed by atoms with Gasteiger partial charge in [-0.3, -0.25) is 0 Å². The third-order valence-electron chi connectivity index (χ3n) is 4.10. The lowest BCUT2D eigenvalue weighted by Gasteiger charge is -2.11. The number of aromatic nitrogens is 4. The van der Waals surface area contributed by atoms with Crippen molar-refractivity contribution in [3.05, 3.63) is 82.7 Å². The van der Waals surface area contributed by atoms with Crippen molar-refractivity contribution in [1.29, 1.82) is 0 Å². The van der Waals surface area contributed by atoms with Crippen LogP contribution in [-0.2, 0) is 6.54 Å². The van der Waals surface area contributed by atoms with Crippen LogP contribution in [0.3, 0.4) is 0 Å². The number of halogens is 3. The van der Waals surface area contributed by atoms with Crippen molar-refractivity contribution >= 4 is 27.6 Å². The van der Waals surface area contributed by atoms with Crippen LogP contribution < -0.4 is 15.8 Å². The molecular weight excluding hydrogens is 470 g/mol. The largest absolute Gasteiger partial charge is 0.437 e. The van der Waals surface area contributed by atoms with Gasteiger partial charge in [0, 0.05) is 42.7 Å². The van der Waals surface area contributed by atoms with Gasteiger partial charge in [-0.15, -0.1) is 0 Å². The zero-order chi connectivity index (χ0) is 21.8. The Hall–Kier alpha value is -3.66. The minimum Gasteiger partial charge on any atom is -0.437 e. The van der Waals surface area contributed by atoms with Crippen LogP contribution in [0.4, 0.5) is 20.4 Å². The predicted molar refractivity (Wildman–Crippen MR) is 115 cm³/mol. The van der Waals surface area contributed by atoms with E-state index < -0.39 is 11.6 Å². The minimum absolute atomic E-state index is 0.0373. The Morgan fingerprint density at radius 2 is 1.71 bits per heavy atom. The summed E-state index contributed by atoms with van der Waals surface area (Å²) >= 11 is 3.32. The summed E-state index contributed by atoms with van der Waals surface area (Å²) in [6.45, 7) is 0.390. The first kappa shape index (κ1) is 20.6. The second-order valence-electron chi connectivity index (χ2n) is 6.43. The first-order valence-electron chi connectivity index (χ1n) is 9.03. The number of hydrogen-bond donors (Lipinski definition) is 2. The molecule has 0 aliphatic carbocycles. The monoisotopic (exact) mass is 484 g/mol. The molecule has 4 aromatic rings. The van der Waals surface area contributed by atoms with Gasteiger partial charge in [0.2, 0.25) is 5.88 Å². The van der Waals surface area contributed by atoms with E-state index >= 15 is 0 Å². The molecule has 2 heterocycles. The van der Waals surface area contributed by atoms with Gasteiger partial charge in [-0.05, 0) is 27.6 Å². The lowest BCUT2D eigenvalue weighted by molar-refractivity contribution is 0.450. The number of nitrogens with two attached hydrogens (primary N) is 1. The number of rotatable bonds is 6. The molecule has 0 unspecified atom stereocenters. The van der Waals surface area contributed by atoms with E-state index in [1.54, 1.807) is 12.4 Å². The van der Waals surface area contributed by atoms with Crippen LogP contribution in [-0.4, -0.2) is 19.9 Å². The molecule has 0 aliphatic rings. The third kappa shape index (κ3) is 5.28. The molecule has 0 aliphatic heterocycles. The molecule has 31 heavy (non-hydrogen) atoms. The zero-order valence-corrected chi connectivity index (χ0v) is 17.5. The maximum absolute atomic E-state index is 13.4. The highest BCUT2D eigenvalue weighted by Crippen LogP contribution is 2.25. The molecule has 7 nitrogen and oxygen atoms in total. The van der Waals surface area contributed by atoms with E-state index in [-0.39, 0.29) is 23.3 Å². The Bertz CT molecular complexity index is 1200. The van der Waals surface area contributed by atoms with E-state index in [9.17, 15) is 8.78 Å². The van der Waals surface area contributed by atoms with Gasteiger partial charge in [-0.1, -0.05) is 18.2 Å². The topological polar surface area (TPSA) is 98.8 Å². The summed E-state index contributed by atoms with van der Waals surface area (Å²) < 4.78 is 32.9. The Balaban J connectivity index is 1.49. The molecule has 0 radical (unpaired) electrons. The highest BCUT2D eigenvalue weighted by Gasteiger charge is 2.09. The Kier molecular flexibility index (Phi) is 5.99. The van der Waals surface area contributed by atoms with Gasteiger partial charge in [-0.2, -0.15) is 4.98 Å². The van der Waals surface area contributed by atoms with Gasteiger partial charge in [0.25, 0.3) is 0 Å². The van der Waals surface area contributed by atoms with Crippen molar-refractivity contribution < 1.29 is 13.5 Å². The maximum Gasteiger partial charge on any atom is 0.239 e. The van der Waals surface area contributed by atoms with Gasteiger partial charge in [0.1, 0.15) is 17.4 Å². The number of nitrogens with zero attached hydrogens (tertiary/aromatic N) is 4. The van der Waals surface area contributed by atoms with Crippen molar-refractivity contribution in [1.82, 2.24) is 19.9 Å². The van der Waals surface area contributed by atoms with Crippen LogP contribution in [0.5, 0.6) is 11.6 Å². The number of hydrogen-bond acceptors (Lipinski definition) is 7. The van der Waals surface area contributed by atoms with Crippen molar-refractivity contribution in [3.8, 4) is 23.0 Å². The summed E-state index contributed by atoms with van der Waals surface area (Å²) in [5, 5.41) is 3.09. The van der Waals surface area contributed by atoms with Crippen LogP contribution in [0.25, 0.3) is 11.4 Å². The molecule has 0 amide bonds. The number of nitrogen functional groups attached to an aromatic ring is 1. The number of anilines is 2. The Morgan fingerprint density at radius 1 is 0.968 bits per heavy atom. The molecule has 0 saturated heterocycles. The summed E-state index contributed by atoms with van der Waals surface area (Å²) in [5.41, 5.74) is 7.69. The summed E-state index contributed by atoms with van der Waals surface area (Å²) in [7, 11) is 0. The fourth-order valence-electron chi connectivity index (χ4n) is 2.74. The van der Waals surface area contributed by atoms with E-state index in [0.29, 0.717) is 12.4 Å². The minimum atomic E-state index is -0.758. The molecule has 0 atom stereocenters. The van der Waals surface area contributed by atoms with E-state index in [1.165, 1.54) is 6.20 Å². The fraction of sp³-hybridized carbons (Fsp3) is 0.0476. The molecule has 0 spiro atoms. The Morgan fingerprint density at radius 3 is 2.45 bits per heavy atom. The highest BCUT2D eigenvalue weighted by atomic mass is 79.9. The van der Waals surface area contributed by atoms with Gasteiger partial charge >= 0.3 is 0 Å². The van der Waals surface area contributed by atoms with E-state index in [0.717, 1.165) is 33.8 Å². The molecule has 2 aromatic carbocycles. The molecule has 10 heteroatoms. The van der Waals surface area contributed by atoms with Gasteiger partial charge < -0.3 is 15.8 Å². The summed E-state index contributed by atoms with van der Waals surface area (Å²) in [4.78, 5) is 16.8. The first-order valence-corrected chi connectivity index (χ1v) is 9.83. The fourth-order valence-corrected chi connectivity index (χ4v) is 2.94. The van der Waals surface area contributed by atoms with Crippen LogP contribution in [0, 0.1) is 11.6 Å². The van der Waals surface area contributed by atoms with Crippen LogP contribution in [0.2, 0.25) is 0 Å². The summed E-state index contributed by atoms with van der Waals surface area (Å²) in [5.74, 6) is -0.479. The number of benzene rings is 2. The average molecular weight is 485 g/mol. The number of ether oxygens (including phenoxy) is 1. The SMILES string of the molecule is Nc1ncc(Oc2cc(F)cc(F)c2)nc1NCc1cccc(-c2ncc(Br)cn2)c1. The van der Waals surface area contributed by atoms with Crippen LogP contribution in [0.15, 0.2) is 65.5 Å². The van der Waals surface area contributed by atoms with E-state index in [2.05, 4.69) is 41.2 Å². The summed E-state index contributed by atoms with van der Waals surface area (Å²) in [6, 6.07) is 10.5.